The molecule has 0 saturated heterocycles. The summed E-state index contributed by atoms with van der Waals surface area (Å²) in [7, 11) is 0. The molecule has 0 aliphatic carbocycles. The summed E-state index contributed by atoms with van der Waals surface area (Å²) >= 11 is 1.11. The first-order valence-electron chi connectivity index (χ1n) is 15.2. The number of nitrogens with one attached hydrogen (secondary N) is 4. The number of rotatable bonds is 12. The minimum absolute atomic E-state index is 0.0756. The Balaban J connectivity index is 1.69. The number of nitrogens with zero attached hydrogens (tertiary/aromatic N) is 2. The van der Waals surface area contributed by atoms with Crippen LogP contribution in [-0.2, 0) is 11.2 Å². The molecule has 0 radical (unpaired) electrons. The molecule has 0 aliphatic rings. The summed E-state index contributed by atoms with van der Waals surface area (Å²) < 4.78 is 46.0. The Morgan fingerprint density at radius 3 is 2.15 bits per heavy atom. The SMILES string of the molecule is CCNC(=O)Nc1ccc(-n2c(=O)n(-c3ccc(F)cc3)c(=O)c3c(C(CNCNC(=O)CC)Cc4c(F)cccc4F)csc32)cc1. The fourth-order valence-electron chi connectivity index (χ4n) is 5.30. The average Bonchev–Trinajstić information content (AvgIpc) is 3.50. The smallest absolute Gasteiger partial charge is 0.341 e. The van der Waals surface area contributed by atoms with E-state index >= 15 is 0 Å². The summed E-state index contributed by atoms with van der Waals surface area (Å²) in [5, 5.41) is 12.9. The van der Waals surface area contributed by atoms with Crippen molar-refractivity contribution in [3.05, 3.63) is 122 Å². The predicted molar refractivity (Wildman–Crippen MR) is 180 cm³/mol. The van der Waals surface area contributed by atoms with Crippen LogP contribution in [0.5, 0.6) is 0 Å². The van der Waals surface area contributed by atoms with Crippen LogP contribution < -0.4 is 32.5 Å². The number of hydrogen-bond donors (Lipinski definition) is 4. The van der Waals surface area contributed by atoms with Gasteiger partial charge in [0.05, 0.1) is 23.4 Å². The molecule has 0 spiro atoms. The van der Waals surface area contributed by atoms with Gasteiger partial charge < -0.3 is 16.0 Å². The van der Waals surface area contributed by atoms with Crippen LogP contribution in [0.4, 0.5) is 23.7 Å². The van der Waals surface area contributed by atoms with E-state index in [0.717, 1.165) is 40.2 Å². The van der Waals surface area contributed by atoms with Crippen LogP contribution in [0.1, 0.15) is 37.3 Å². The molecule has 5 rings (SSSR count). The van der Waals surface area contributed by atoms with E-state index in [9.17, 15) is 32.3 Å². The van der Waals surface area contributed by atoms with E-state index < -0.39 is 40.6 Å². The molecule has 1 atom stereocenters. The molecule has 14 heteroatoms. The lowest BCUT2D eigenvalue weighted by molar-refractivity contribution is -0.120. The first-order chi connectivity index (χ1) is 23.1. The van der Waals surface area contributed by atoms with Gasteiger partial charge in [0.1, 0.15) is 22.3 Å². The third kappa shape index (κ3) is 7.34. The van der Waals surface area contributed by atoms with E-state index in [4.69, 9.17) is 0 Å². The fourth-order valence-corrected chi connectivity index (χ4v) is 6.46. The first-order valence-corrected chi connectivity index (χ1v) is 16.1. The Labute approximate surface area is 277 Å². The van der Waals surface area contributed by atoms with Crippen molar-refractivity contribution in [2.75, 3.05) is 25.1 Å². The molecule has 4 N–H and O–H groups in total. The highest BCUT2D eigenvalue weighted by atomic mass is 32.1. The Bertz CT molecular complexity index is 2040. The van der Waals surface area contributed by atoms with Gasteiger partial charge in [0.25, 0.3) is 5.56 Å². The summed E-state index contributed by atoms with van der Waals surface area (Å²) in [5.41, 5.74) is -0.227. The van der Waals surface area contributed by atoms with Gasteiger partial charge in [0.2, 0.25) is 5.91 Å². The van der Waals surface area contributed by atoms with Gasteiger partial charge in [0, 0.05) is 36.7 Å². The third-order valence-electron chi connectivity index (χ3n) is 7.68. The average molecular weight is 679 g/mol. The van der Waals surface area contributed by atoms with E-state index in [1.54, 1.807) is 43.5 Å². The Hall–Kier alpha value is -5.21. The van der Waals surface area contributed by atoms with Crippen LogP contribution in [0.2, 0.25) is 0 Å². The monoisotopic (exact) mass is 678 g/mol. The summed E-state index contributed by atoms with van der Waals surface area (Å²) in [6, 6.07) is 14.4. The largest absolute Gasteiger partial charge is 0.344 e. The minimum Gasteiger partial charge on any atom is -0.344 e. The number of benzene rings is 3. The van der Waals surface area contributed by atoms with E-state index in [1.807, 2.05) is 0 Å². The van der Waals surface area contributed by atoms with Gasteiger partial charge in [-0.25, -0.2) is 27.3 Å². The van der Waals surface area contributed by atoms with Crippen molar-refractivity contribution >= 4 is 39.2 Å². The quantitative estimate of drug-likeness (QED) is 0.107. The van der Waals surface area contributed by atoms with Crippen molar-refractivity contribution in [3.63, 3.8) is 0 Å². The van der Waals surface area contributed by atoms with Gasteiger partial charge in [-0.3, -0.25) is 19.5 Å². The number of carbonyl (C=O) groups excluding carboxylic acids is 2. The zero-order valence-corrected chi connectivity index (χ0v) is 26.9. The summed E-state index contributed by atoms with van der Waals surface area (Å²) in [6.45, 7) is 4.10. The lowest BCUT2D eigenvalue weighted by Crippen LogP contribution is -2.39. The third-order valence-corrected chi connectivity index (χ3v) is 8.66. The number of fused-ring (bicyclic) bond motifs is 1. The van der Waals surface area contributed by atoms with Crippen LogP contribution in [-0.4, -0.2) is 40.8 Å². The summed E-state index contributed by atoms with van der Waals surface area (Å²) in [4.78, 5) is 52.5. The van der Waals surface area contributed by atoms with Gasteiger partial charge in [-0.2, -0.15) is 0 Å². The molecule has 0 aliphatic heterocycles. The summed E-state index contributed by atoms with van der Waals surface area (Å²) in [6.07, 6.45) is 0.124. The fraction of sp³-hybridized carbons (Fsp3) is 0.235. The van der Waals surface area contributed by atoms with Crippen molar-refractivity contribution in [2.45, 2.75) is 32.6 Å². The van der Waals surface area contributed by atoms with E-state index in [0.29, 0.717) is 23.5 Å². The molecule has 10 nitrogen and oxygen atoms in total. The van der Waals surface area contributed by atoms with Crippen LogP contribution in [0.3, 0.4) is 0 Å². The molecular weight excluding hydrogens is 645 g/mol. The van der Waals surface area contributed by atoms with Gasteiger partial charge in [-0.15, -0.1) is 11.3 Å². The number of amides is 3. The zero-order chi connectivity index (χ0) is 34.4. The summed E-state index contributed by atoms with van der Waals surface area (Å²) in [5.74, 6) is -2.94. The minimum atomic E-state index is -0.749. The Morgan fingerprint density at radius 2 is 1.50 bits per heavy atom. The molecule has 1 unspecified atom stereocenters. The first kappa shape index (κ1) is 34.1. The number of aromatic nitrogens is 2. The molecule has 3 amide bonds. The van der Waals surface area contributed by atoms with Gasteiger partial charge in [0.15, 0.2) is 0 Å². The molecule has 0 saturated carbocycles. The van der Waals surface area contributed by atoms with E-state index in [2.05, 4.69) is 21.3 Å². The van der Waals surface area contributed by atoms with Crippen LogP contribution in [0, 0.1) is 17.5 Å². The number of urea groups is 1. The molecule has 48 heavy (non-hydrogen) atoms. The zero-order valence-electron chi connectivity index (χ0n) is 26.1. The van der Waals surface area contributed by atoms with Crippen LogP contribution >= 0.6 is 11.3 Å². The lowest BCUT2D eigenvalue weighted by Gasteiger charge is -2.20. The number of anilines is 1. The number of carbonyl (C=O) groups is 2. The second kappa shape index (κ2) is 15.1. The molecule has 3 aromatic carbocycles. The van der Waals surface area contributed by atoms with Crippen LogP contribution in [0.25, 0.3) is 21.6 Å². The highest BCUT2D eigenvalue weighted by Crippen LogP contribution is 2.33. The lowest BCUT2D eigenvalue weighted by atomic mass is 9.91. The number of hydrogen-bond acceptors (Lipinski definition) is 6. The Morgan fingerprint density at radius 1 is 0.854 bits per heavy atom. The highest BCUT2D eigenvalue weighted by Gasteiger charge is 2.26. The van der Waals surface area contributed by atoms with Crippen LogP contribution in [0.15, 0.2) is 81.7 Å². The highest BCUT2D eigenvalue weighted by molar-refractivity contribution is 7.17. The van der Waals surface area contributed by atoms with Crippen molar-refractivity contribution in [1.82, 2.24) is 25.1 Å². The molecule has 2 aromatic heterocycles. The van der Waals surface area contributed by atoms with Gasteiger partial charge >= 0.3 is 11.7 Å². The standard InChI is InChI=1S/C34H33F3N6O4S/c1-3-29(44)40-19-38-17-20(16-25-27(36)6-5-7-28(25)37)26-18-48-32-30(26)31(45)42(23-12-8-21(35)9-13-23)34(47)43(32)24-14-10-22(11-15-24)41-33(46)39-4-2/h5-15,18,20,38H,3-4,16-17,19H2,1-2H3,(H,40,44)(H2,39,41,46). The maximum absolute atomic E-state index is 14.9. The molecule has 0 bridgehead atoms. The second-order valence-corrected chi connectivity index (χ2v) is 11.7. The topological polar surface area (TPSA) is 126 Å². The van der Waals surface area contributed by atoms with Gasteiger partial charge in [-0.1, -0.05) is 13.0 Å². The molecule has 250 valence electrons. The molecule has 5 aromatic rings. The number of thiophene rings is 1. The normalized spacial score (nSPS) is 11.8. The van der Waals surface area contributed by atoms with Crippen molar-refractivity contribution in [3.8, 4) is 11.4 Å². The van der Waals surface area contributed by atoms with Crippen molar-refractivity contribution < 1.29 is 22.8 Å². The molecule has 2 heterocycles. The Kier molecular flexibility index (Phi) is 10.8. The maximum Gasteiger partial charge on any atom is 0.341 e. The second-order valence-electron chi connectivity index (χ2n) is 10.8. The van der Waals surface area contributed by atoms with Crippen molar-refractivity contribution in [1.29, 1.82) is 0 Å². The van der Waals surface area contributed by atoms with Crippen molar-refractivity contribution in [2.24, 2.45) is 0 Å². The molecule has 0 fully saturated rings. The van der Waals surface area contributed by atoms with E-state index in [-0.39, 0.29) is 53.4 Å². The molecular formula is C34H33F3N6O4S. The maximum atomic E-state index is 14.9. The predicted octanol–water partition coefficient (Wildman–Crippen LogP) is 5.16. The van der Waals surface area contributed by atoms with E-state index in [1.165, 1.54) is 22.8 Å². The van der Waals surface area contributed by atoms with Gasteiger partial charge in [-0.05, 0) is 85.0 Å². The number of halogens is 3.